The Morgan fingerprint density at radius 1 is 0.912 bits per heavy atom. The van der Waals surface area contributed by atoms with E-state index in [-0.39, 0.29) is 54.2 Å². The maximum atomic E-state index is 14.4. The van der Waals surface area contributed by atoms with Gasteiger partial charge in [-0.15, -0.1) is 0 Å². The van der Waals surface area contributed by atoms with Crippen molar-refractivity contribution in [2.24, 2.45) is 29.4 Å². The minimum atomic E-state index is -0.895. The van der Waals surface area contributed by atoms with Crippen LogP contribution in [0.25, 0.3) is 0 Å². The van der Waals surface area contributed by atoms with Gasteiger partial charge in [0.15, 0.2) is 0 Å². The predicted molar refractivity (Wildman–Crippen MR) is 222 cm³/mol. The zero-order chi connectivity index (χ0) is 43.0. The van der Waals surface area contributed by atoms with Crippen molar-refractivity contribution in [3.8, 4) is 0 Å². The number of amides is 4. The fraction of sp³-hybridized carbons (Fsp3) is 0.744. The van der Waals surface area contributed by atoms with Crippen LogP contribution in [-0.2, 0) is 44.6 Å². The van der Waals surface area contributed by atoms with Gasteiger partial charge in [-0.3, -0.25) is 24.1 Å². The minimum Gasteiger partial charge on any atom is -0.467 e. The van der Waals surface area contributed by atoms with Gasteiger partial charge in [-0.2, -0.15) is 0 Å². The molecule has 14 nitrogen and oxygen atoms in total. The van der Waals surface area contributed by atoms with Crippen LogP contribution in [0.1, 0.15) is 86.1 Å². The molecular formula is C43H74N6O8. The Balaban J connectivity index is 2.29. The van der Waals surface area contributed by atoms with Crippen molar-refractivity contribution >= 4 is 29.6 Å². The summed E-state index contributed by atoms with van der Waals surface area (Å²) in [7, 11) is 8.00. The topological polar surface area (TPSA) is 173 Å². The van der Waals surface area contributed by atoms with E-state index < -0.39 is 54.3 Å². The van der Waals surface area contributed by atoms with E-state index in [1.807, 2.05) is 83.8 Å². The Hall–Kier alpha value is -3.59. The van der Waals surface area contributed by atoms with Gasteiger partial charge in [0.05, 0.1) is 49.8 Å². The largest absolute Gasteiger partial charge is 0.467 e. The van der Waals surface area contributed by atoms with Gasteiger partial charge in [0.1, 0.15) is 12.1 Å². The third-order valence-electron chi connectivity index (χ3n) is 11.7. The van der Waals surface area contributed by atoms with Crippen molar-refractivity contribution in [1.82, 2.24) is 25.3 Å². The number of rotatable bonds is 24. The van der Waals surface area contributed by atoms with Crippen LogP contribution in [0.15, 0.2) is 30.3 Å². The Kier molecular flexibility index (Phi) is 21.2. The lowest BCUT2D eigenvalue weighted by Crippen LogP contribution is -2.60. The molecule has 1 aromatic rings. The molecule has 1 aromatic carbocycles. The molecule has 14 heteroatoms. The molecule has 1 saturated heterocycles. The van der Waals surface area contributed by atoms with E-state index in [9.17, 15) is 24.0 Å². The van der Waals surface area contributed by atoms with Crippen molar-refractivity contribution in [3.05, 3.63) is 35.9 Å². The molecule has 0 unspecified atom stereocenters. The molecule has 1 heterocycles. The van der Waals surface area contributed by atoms with Gasteiger partial charge in [0.2, 0.25) is 23.6 Å². The third-order valence-corrected chi connectivity index (χ3v) is 11.7. The van der Waals surface area contributed by atoms with Gasteiger partial charge < -0.3 is 40.4 Å². The zero-order valence-electron chi connectivity index (χ0n) is 36.8. The lowest BCUT2D eigenvalue weighted by atomic mass is 9.89. The summed E-state index contributed by atoms with van der Waals surface area (Å²) >= 11 is 0. The van der Waals surface area contributed by atoms with Gasteiger partial charge in [0, 0.05) is 34.2 Å². The summed E-state index contributed by atoms with van der Waals surface area (Å²) in [5.74, 6) is -2.51. The van der Waals surface area contributed by atoms with Crippen LogP contribution < -0.4 is 16.4 Å². The highest BCUT2D eigenvalue weighted by molar-refractivity contribution is 5.90. The van der Waals surface area contributed by atoms with Crippen LogP contribution in [0.4, 0.5) is 0 Å². The summed E-state index contributed by atoms with van der Waals surface area (Å²) in [6, 6.07) is 6.37. The third kappa shape index (κ3) is 13.8. The molecule has 9 atom stereocenters. The minimum absolute atomic E-state index is 0.00179. The number of nitrogens with zero attached hydrogens (tertiary/aromatic N) is 3. The number of likely N-dealkylation sites (tertiary alicyclic amines) is 1. The summed E-state index contributed by atoms with van der Waals surface area (Å²) in [6.07, 6.45) is 1.78. The summed E-state index contributed by atoms with van der Waals surface area (Å²) in [6.45, 7) is 15.3. The second-order valence-electron chi connectivity index (χ2n) is 16.4. The van der Waals surface area contributed by atoms with Crippen molar-refractivity contribution < 1.29 is 38.2 Å². The Labute approximate surface area is 342 Å². The van der Waals surface area contributed by atoms with Crippen molar-refractivity contribution in [1.29, 1.82) is 0 Å². The quantitative estimate of drug-likeness (QED) is 0.132. The molecule has 0 radical (unpaired) electrons. The molecule has 2 rings (SSSR count). The molecule has 1 fully saturated rings. The molecule has 0 spiro atoms. The highest BCUT2D eigenvalue weighted by Crippen LogP contribution is 2.30. The van der Waals surface area contributed by atoms with Crippen molar-refractivity contribution in [3.63, 3.8) is 0 Å². The highest BCUT2D eigenvalue weighted by atomic mass is 16.5. The van der Waals surface area contributed by atoms with E-state index in [0.29, 0.717) is 26.1 Å². The summed E-state index contributed by atoms with van der Waals surface area (Å²) in [5, 5.41) is 5.94. The zero-order valence-corrected chi connectivity index (χ0v) is 36.8. The van der Waals surface area contributed by atoms with E-state index in [2.05, 4.69) is 10.6 Å². The molecule has 4 amide bonds. The van der Waals surface area contributed by atoms with Crippen LogP contribution in [0.5, 0.6) is 0 Å². The lowest BCUT2D eigenvalue weighted by molar-refractivity contribution is -0.149. The fourth-order valence-electron chi connectivity index (χ4n) is 8.26. The van der Waals surface area contributed by atoms with Crippen LogP contribution in [0.2, 0.25) is 0 Å². The monoisotopic (exact) mass is 803 g/mol. The number of likely N-dealkylation sites (N-methyl/N-ethyl adjacent to an activating group) is 2. The molecule has 0 aliphatic carbocycles. The highest BCUT2D eigenvalue weighted by Gasteiger charge is 2.43. The van der Waals surface area contributed by atoms with Crippen LogP contribution in [-0.4, -0.2) is 142 Å². The van der Waals surface area contributed by atoms with Crippen molar-refractivity contribution in [2.75, 3.05) is 55.1 Å². The molecule has 0 saturated carbocycles. The smallest absolute Gasteiger partial charge is 0.328 e. The average molecular weight is 803 g/mol. The van der Waals surface area contributed by atoms with Crippen molar-refractivity contribution in [2.45, 2.75) is 129 Å². The number of ether oxygens (including phenoxy) is 3. The first-order chi connectivity index (χ1) is 27.0. The lowest BCUT2D eigenvalue weighted by Gasteiger charge is -2.41. The first-order valence-electron chi connectivity index (χ1n) is 20.7. The maximum Gasteiger partial charge on any atom is 0.328 e. The first-order valence-corrected chi connectivity index (χ1v) is 20.7. The number of nitrogens with two attached hydrogens (primary N) is 1. The second-order valence-corrected chi connectivity index (χ2v) is 16.4. The second kappa shape index (κ2) is 24.4. The number of nitrogens with one attached hydrogen (secondary N) is 2. The molecule has 324 valence electrons. The normalized spacial score (nSPS) is 18.7. The molecule has 4 N–H and O–H groups in total. The summed E-state index contributed by atoms with van der Waals surface area (Å²) in [4.78, 5) is 74.2. The predicted octanol–water partition coefficient (Wildman–Crippen LogP) is 3.25. The summed E-state index contributed by atoms with van der Waals surface area (Å²) < 4.78 is 17.0. The molecule has 1 aliphatic rings. The number of hydrogen-bond acceptors (Lipinski definition) is 10. The SMILES string of the molecule is CC[C@H](C)[C@@H]([C@@H](CC(=O)N1CCC[C@H]1[C@H](OC)[C@@H](C)C(=O)N[C@@H](Cc1ccccc1)C(=O)OC)OC)N(C)C(=O)[C@@H](NC(=O)[C@H](C(C)C)N(C)CCCN)C(C)C. The molecule has 0 aromatic heterocycles. The standard InChI is InChI=1S/C43H74N6O8/c1-13-29(6)38(48(9)42(53)36(27(2)3)46-41(52)37(28(4)5)47(8)23-18-22-44)34(55-10)26-35(50)49-24-17-21-33(49)39(56-11)30(7)40(51)45-32(43(54)57-12)25-31-19-15-14-16-20-31/h14-16,19-20,27-30,32-34,36-39H,13,17-18,21-26,44H2,1-12H3,(H,45,51)(H,46,52)/t29-,30+,32-,33-,34+,36-,37-,38-,39+/m0/s1. The Morgan fingerprint density at radius 3 is 2.09 bits per heavy atom. The van der Waals surface area contributed by atoms with Crippen LogP contribution in [0, 0.1) is 23.7 Å². The van der Waals surface area contributed by atoms with Gasteiger partial charge in [-0.1, -0.05) is 85.2 Å². The first kappa shape index (κ1) is 49.6. The number of hydrogen-bond donors (Lipinski definition) is 3. The van der Waals surface area contributed by atoms with E-state index >= 15 is 0 Å². The number of esters is 1. The molecule has 1 aliphatic heterocycles. The summed E-state index contributed by atoms with van der Waals surface area (Å²) in [5.41, 5.74) is 6.61. The average Bonchev–Trinajstić information content (AvgIpc) is 3.67. The van der Waals surface area contributed by atoms with E-state index in [1.54, 1.807) is 30.9 Å². The number of carbonyl (C=O) groups excluding carboxylic acids is 5. The Bertz CT molecular complexity index is 1410. The van der Waals surface area contributed by atoms with Gasteiger partial charge in [0.25, 0.3) is 0 Å². The number of carbonyl (C=O) groups is 5. The maximum absolute atomic E-state index is 14.4. The molecule has 0 bridgehead atoms. The molecule has 57 heavy (non-hydrogen) atoms. The number of benzene rings is 1. The fourth-order valence-corrected chi connectivity index (χ4v) is 8.26. The Morgan fingerprint density at radius 2 is 1.56 bits per heavy atom. The van der Waals surface area contributed by atoms with E-state index in [4.69, 9.17) is 19.9 Å². The van der Waals surface area contributed by atoms with Crippen LogP contribution in [0.3, 0.4) is 0 Å². The van der Waals surface area contributed by atoms with Crippen LogP contribution >= 0.6 is 0 Å². The van der Waals surface area contributed by atoms with Gasteiger partial charge >= 0.3 is 5.97 Å². The van der Waals surface area contributed by atoms with E-state index in [1.165, 1.54) is 14.2 Å². The molecular weight excluding hydrogens is 729 g/mol. The van der Waals surface area contributed by atoms with Gasteiger partial charge in [-0.25, -0.2) is 4.79 Å². The van der Waals surface area contributed by atoms with E-state index in [0.717, 1.165) is 24.8 Å². The van der Waals surface area contributed by atoms with Gasteiger partial charge in [-0.05, 0) is 62.7 Å². The number of methoxy groups -OCH3 is 3.